The summed E-state index contributed by atoms with van der Waals surface area (Å²) in [5, 5.41) is 9.18. The van der Waals surface area contributed by atoms with Crippen molar-refractivity contribution in [3.63, 3.8) is 0 Å². The molecule has 0 aliphatic heterocycles. The number of carboxylic acid groups (broad SMARTS) is 1. The van der Waals surface area contributed by atoms with Crippen molar-refractivity contribution in [3.8, 4) is 11.5 Å². The number of para-hydroxylation sites is 1. The Bertz CT molecular complexity index is 826. The van der Waals surface area contributed by atoms with Crippen LogP contribution in [0, 0.1) is 0 Å². The molecule has 0 unspecified atom stereocenters. The summed E-state index contributed by atoms with van der Waals surface area (Å²) in [4.78, 5) is 16.1. The summed E-state index contributed by atoms with van der Waals surface area (Å²) in [6.07, 6.45) is -1.72. The maximum Gasteiger partial charge on any atom is 0.446 e. The highest BCUT2D eigenvalue weighted by Crippen LogP contribution is 2.25. The third-order valence-electron chi connectivity index (χ3n) is 2.83. The molecule has 0 radical (unpaired) electrons. The first-order valence-corrected chi connectivity index (χ1v) is 8.84. The van der Waals surface area contributed by atoms with Crippen LogP contribution < -0.4 is 4.74 Å². The summed E-state index contributed by atoms with van der Waals surface area (Å²) in [5.74, 6) is 1.02. The Balaban J connectivity index is 2.25. The largest absolute Gasteiger partial charge is 0.463 e. The normalized spacial score (nSPS) is 11.8. The Hall–Kier alpha value is -2.58. The molecule has 2 aromatic carbocycles. The molecule has 2 aromatic rings. The first kappa shape index (κ1) is 18.8. The molecule has 134 valence electrons. The van der Waals surface area contributed by atoms with E-state index in [4.69, 9.17) is 9.57 Å². The summed E-state index contributed by atoms with van der Waals surface area (Å²) in [6, 6.07) is 14.4. The van der Waals surface area contributed by atoms with Gasteiger partial charge in [0.25, 0.3) is 10.0 Å². The number of sulfonamides is 1. The zero-order chi connectivity index (χ0) is 18.7. The van der Waals surface area contributed by atoms with Crippen molar-refractivity contribution < 1.29 is 27.9 Å². The van der Waals surface area contributed by atoms with Crippen molar-refractivity contribution in [2.45, 2.75) is 31.3 Å². The minimum absolute atomic E-state index is 0.0277. The van der Waals surface area contributed by atoms with Crippen LogP contribution in [0.5, 0.6) is 11.5 Å². The van der Waals surface area contributed by atoms with Crippen molar-refractivity contribution >= 4 is 16.1 Å². The fourth-order valence-corrected chi connectivity index (χ4v) is 3.04. The summed E-state index contributed by atoms with van der Waals surface area (Å²) in [7, 11) is -4.37. The molecule has 0 atom stereocenters. The van der Waals surface area contributed by atoms with Crippen molar-refractivity contribution in [3.05, 3.63) is 54.6 Å². The van der Waals surface area contributed by atoms with Gasteiger partial charge in [0.1, 0.15) is 11.5 Å². The molecule has 0 aliphatic carbocycles. The topological polar surface area (TPSA) is 93.1 Å². The second kappa shape index (κ2) is 7.12. The number of ether oxygens (including phenoxy) is 1. The van der Waals surface area contributed by atoms with Crippen LogP contribution in [0.1, 0.15) is 20.8 Å². The van der Waals surface area contributed by atoms with E-state index in [1.165, 1.54) is 24.3 Å². The third kappa shape index (κ3) is 4.94. The molecule has 0 spiro atoms. The number of carbonyl (C=O) groups is 1. The first-order valence-electron chi connectivity index (χ1n) is 7.40. The second-order valence-corrected chi connectivity index (χ2v) is 7.86. The van der Waals surface area contributed by atoms with Gasteiger partial charge in [0.2, 0.25) is 0 Å². The highest BCUT2D eigenvalue weighted by atomic mass is 32.2. The number of amides is 1. The Morgan fingerprint density at radius 1 is 0.960 bits per heavy atom. The van der Waals surface area contributed by atoms with Gasteiger partial charge in [-0.25, -0.2) is 9.63 Å². The van der Waals surface area contributed by atoms with Gasteiger partial charge < -0.3 is 9.84 Å². The smallest absolute Gasteiger partial charge is 0.446 e. The number of benzene rings is 2. The van der Waals surface area contributed by atoms with Gasteiger partial charge in [0.05, 0.1) is 10.5 Å². The van der Waals surface area contributed by atoms with E-state index < -0.39 is 21.7 Å². The first-order chi connectivity index (χ1) is 11.6. The van der Waals surface area contributed by atoms with Crippen molar-refractivity contribution in [2.75, 3.05) is 0 Å². The molecule has 7 nitrogen and oxygen atoms in total. The zero-order valence-electron chi connectivity index (χ0n) is 14.0. The maximum absolute atomic E-state index is 12.5. The predicted octanol–water partition coefficient (Wildman–Crippen LogP) is 3.88. The Morgan fingerprint density at radius 2 is 1.48 bits per heavy atom. The van der Waals surface area contributed by atoms with Crippen molar-refractivity contribution in [1.29, 1.82) is 0 Å². The van der Waals surface area contributed by atoms with Crippen LogP contribution in [0.3, 0.4) is 0 Å². The maximum atomic E-state index is 12.5. The van der Waals surface area contributed by atoms with Crippen molar-refractivity contribution in [2.24, 2.45) is 0 Å². The molecule has 1 N–H and O–H groups in total. The number of hydrogen-bond acceptors (Lipinski definition) is 5. The Morgan fingerprint density at radius 3 is 1.96 bits per heavy atom. The SMILES string of the molecule is CC(C)(C)ON(C(=O)O)S(=O)(=O)c1ccc(Oc2ccccc2)cc1. The van der Waals surface area contributed by atoms with Crippen LogP contribution in [0.25, 0.3) is 0 Å². The van der Waals surface area contributed by atoms with E-state index in [1.54, 1.807) is 32.9 Å². The van der Waals surface area contributed by atoms with Gasteiger partial charge in [0, 0.05) is 0 Å². The fraction of sp³-hybridized carbons (Fsp3) is 0.235. The van der Waals surface area contributed by atoms with E-state index in [2.05, 4.69) is 0 Å². The standard InChI is InChI=1S/C17H19NO6S/c1-17(2,3)24-18(16(19)20)25(21,22)15-11-9-14(10-12-15)23-13-7-5-4-6-8-13/h4-12H,1-3H3,(H,19,20). The van der Waals surface area contributed by atoms with E-state index in [0.29, 0.717) is 11.5 Å². The predicted molar refractivity (Wildman–Crippen MR) is 90.8 cm³/mol. The zero-order valence-corrected chi connectivity index (χ0v) is 14.9. The lowest BCUT2D eigenvalue weighted by Crippen LogP contribution is -2.41. The quantitative estimate of drug-likeness (QED) is 0.808. The molecule has 0 heterocycles. The van der Waals surface area contributed by atoms with Crippen molar-refractivity contribution in [1.82, 2.24) is 4.47 Å². The summed E-state index contributed by atoms with van der Waals surface area (Å²) in [6.45, 7) is 4.65. The average Bonchev–Trinajstić information content (AvgIpc) is 2.53. The molecule has 0 saturated heterocycles. The minimum Gasteiger partial charge on any atom is -0.463 e. The molecule has 8 heteroatoms. The molecule has 0 aliphatic rings. The number of hydrogen-bond donors (Lipinski definition) is 1. The van der Waals surface area contributed by atoms with E-state index >= 15 is 0 Å². The lowest BCUT2D eigenvalue weighted by atomic mass is 10.2. The molecule has 25 heavy (non-hydrogen) atoms. The van der Waals surface area contributed by atoms with Gasteiger partial charge in [-0.1, -0.05) is 22.7 Å². The van der Waals surface area contributed by atoms with Crippen LogP contribution >= 0.6 is 0 Å². The van der Waals surface area contributed by atoms with Gasteiger partial charge in [-0.2, -0.15) is 8.42 Å². The second-order valence-electron chi connectivity index (χ2n) is 6.10. The molecule has 0 bridgehead atoms. The van der Waals surface area contributed by atoms with Gasteiger partial charge >= 0.3 is 6.09 Å². The Kier molecular flexibility index (Phi) is 5.34. The van der Waals surface area contributed by atoms with Crippen LogP contribution in [-0.2, 0) is 14.9 Å². The van der Waals surface area contributed by atoms with E-state index in [9.17, 15) is 18.3 Å². The number of rotatable bonds is 5. The Labute approximate surface area is 146 Å². The number of nitrogens with zero attached hydrogens (tertiary/aromatic N) is 1. The summed E-state index contributed by atoms with van der Waals surface area (Å²) in [5.41, 5.74) is -0.998. The summed E-state index contributed by atoms with van der Waals surface area (Å²) < 4.78 is 30.6. The van der Waals surface area contributed by atoms with E-state index in [-0.39, 0.29) is 9.36 Å². The molecule has 0 saturated carbocycles. The van der Waals surface area contributed by atoms with Crippen LogP contribution in [0.2, 0.25) is 0 Å². The van der Waals surface area contributed by atoms with Gasteiger partial charge in [-0.3, -0.25) is 0 Å². The van der Waals surface area contributed by atoms with E-state index in [0.717, 1.165) is 0 Å². The molecule has 1 amide bonds. The highest BCUT2D eigenvalue weighted by molar-refractivity contribution is 7.89. The average molecular weight is 365 g/mol. The van der Waals surface area contributed by atoms with E-state index in [1.807, 2.05) is 18.2 Å². The van der Waals surface area contributed by atoms with Crippen LogP contribution in [0.15, 0.2) is 59.5 Å². The van der Waals surface area contributed by atoms with Gasteiger partial charge in [0.15, 0.2) is 0 Å². The van der Waals surface area contributed by atoms with Crippen LogP contribution in [0.4, 0.5) is 4.79 Å². The highest BCUT2D eigenvalue weighted by Gasteiger charge is 2.34. The monoisotopic (exact) mass is 365 g/mol. The molecule has 2 rings (SSSR count). The third-order valence-corrected chi connectivity index (χ3v) is 4.37. The minimum atomic E-state index is -4.37. The molecule has 0 fully saturated rings. The van der Waals surface area contributed by atoms with Crippen LogP contribution in [-0.4, -0.2) is 29.7 Å². The molecule has 0 aromatic heterocycles. The lowest BCUT2D eigenvalue weighted by Gasteiger charge is -2.26. The number of hydroxylamine groups is 1. The fourth-order valence-electron chi connectivity index (χ4n) is 1.84. The summed E-state index contributed by atoms with van der Waals surface area (Å²) >= 11 is 0. The molecular weight excluding hydrogens is 346 g/mol. The van der Waals surface area contributed by atoms with Gasteiger partial charge in [-0.15, -0.1) is 0 Å². The molecular formula is C17H19NO6S. The van der Waals surface area contributed by atoms with Gasteiger partial charge in [-0.05, 0) is 57.2 Å². The lowest BCUT2D eigenvalue weighted by molar-refractivity contribution is -0.148.